The standard InChI is InChI=1S/C52H50N4O/c1-34-16-13-17-35(2)49(34)43-31-41(32-47-50(43)42-22-9-10-23-44(42)56(47)48-29-37(26-27-53-48)52(6,7)8)57-40-21-15-20-39(30-40)55-33-54(45-24-11-12-25-46(45)55)38-19-14-18-36(28-38)51(3,4)5/h9-32H,33H2,1-8H3. The molecule has 0 amide bonds. The van der Waals surface area contributed by atoms with E-state index in [4.69, 9.17) is 9.72 Å². The quantitative estimate of drug-likeness (QED) is 0.170. The van der Waals surface area contributed by atoms with E-state index in [0.717, 1.165) is 39.6 Å². The molecule has 0 fully saturated rings. The predicted molar refractivity (Wildman–Crippen MR) is 239 cm³/mol. The Bertz CT molecular complexity index is 2800. The van der Waals surface area contributed by atoms with E-state index in [1.165, 1.54) is 55.7 Å². The van der Waals surface area contributed by atoms with E-state index in [1.54, 1.807) is 0 Å². The maximum atomic E-state index is 6.97. The predicted octanol–water partition coefficient (Wildman–Crippen LogP) is 14.1. The number of para-hydroxylation sites is 3. The Kier molecular flexibility index (Phi) is 8.73. The van der Waals surface area contributed by atoms with Crippen LogP contribution in [0, 0.1) is 13.8 Å². The number of hydrogen-bond donors (Lipinski definition) is 0. The van der Waals surface area contributed by atoms with E-state index in [1.807, 2.05) is 6.20 Å². The molecule has 3 heterocycles. The average molecular weight is 747 g/mol. The maximum Gasteiger partial charge on any atom is 0.137 e. The molecule has 0 N–H and O–H groups in total. The molecular weight excluding hydrogens is 697 g/mol. The van der Waals surface area contributed by atoms with Crippen LogP contribution in [0.3, 0.4) is 0 Å². The summed E-state index contributed by atoms with van der Waals surface area (Å²) in [6, 6.07) is 50.1. The summed E-state index contributed by atoms with van der Waals surface area (Å²) in [6.45, 7) is 18.7. The first-order valence-corrected chi connectivity index (χ1v) is 20.0. The van der Waals surface area contributed by atoms with Gasteiger partial charge in [0.15, 0.2) is 0 Å². The molecule has 1 aliphatic rings. The smallest absolute Gasteiger partial charge is 0.137 e. The first-order chi connectivity index (χ1) is 27.3. The Balaban J connectivity index is 1.17. The van der Waals surface area contributed by atoms with Gasteiger partial charge < -0.3 is 14.5 Å². The first kappa shape index (κ1) is 36.3. The van der Waals surface area contributed by atoms with Crippen molar-refractivity contribution in [1.29, 1.82) is 0 Å². The van der Waals surface area contributed by atoms with Crippen LogP contribution in [0.5, 0.6) is 11.5 Å². The fourth-order valence-electron chi connectivity index (χ4n) is 8.47. The van der Waals surface area contributed by atoms with Gasteiger partial charge in [0.2, 0.25) is 0 Å². The average Bonchev–Trinajstić information content (AvgIpc) is 3.74. The Hall–Kier alpha value is -6.33. The van der Waals surface area contributed by atoms with Crippen molar-refractivity contribution in [2.24, 2.45) is 0 Å². The highest BCUT2D eigenvalue weighted by atomic mass is 16.5. The molecule has 5 heteroatoms. The molecule has 284 valence electrons. The minimum Gasteiger partial charge on any atom is -0.457 e. The highest BCUT2D eigenvalue weighted by Crippen LogP contribution is 2.47. The number of fused-ring (bicyclic) bond motifs is 4. The Labute approximate surface area is 336 Å². The number of anilines is 4. The Morgan fingerprint density at radius 1 is 0.544 bits per heavy atom. The van der Waals surface area contributed by atoms with Crippen LogP contribution in [0.1, 0.15) is 63.8 Å². The van der Waals surface area contributed by atoms with E-state index >= 15 is 0 Å². The zero-order valence-corrected chi connectivity index (χ0v) is 34.3. The molecule has 6 aromatic carbocycles. The van der Waals surface area contributed by atoms with Crippen molar-refractivity contribution >= 4 is 44.6 Å². The molecule has 0 atom stereocenters. The molecule has 0 unspecified atom stereocenters. The molecule has 2 aromatic heterocycles. The largest absolute Gasteiger partial charge is 0.457 e. The molecule has 8 aromatic rings. The highest BCUT2D eigenvalue weighted by Gasteiger charge is 2.29. The number of pyridine rings is 1. The van der Waals surface area contributed by atoms with Crippen LogP contribution in [0.4, 0.5) is 22.7 Å². The molecule has 57 heavy (non-hydrogen) atoms. The molecule has 0 radical (unpaired) electrons. The summed E-state index contributed by atoms with van der Waals surface area (Å²) in [4.78, 5) is 9.76. The molecule has 0 saturated heterocycles. The lowest BCUT2D eigenvalue weighted by Gasteiger charge is -2.25. The summed E-state index contributed by atoms with van der Waals surface area (Å²) < 4.78 is 9.28. The van der Waals surface area contributed by atoms with Crippen molar-refractivity contribution in [3.63, 3.8) is 0 Å². The van der Waals surface area contributed by atoms with Crippen molar-refractivity contribution < 1.29 is 4.74 Å². The van der Waals surface area contributed by atoms with Gasteiger partial charge in [-0.2, -0.15) is 0 Å². The van der Waals surface area contributed by atoms with Gasteiger partial charge in [0.25, 0.3) is 0 Å². The second-order valence-corrected chi connectivity index (χ2v) is 17.5. The lowest BCUT2D eigenvalue weighted by Crippen LogP contribution is -2.24. The van der Waals surface area contributed by atoms with Crippen molar-refractivity contribution in [2.45, 2.75) is 66.2 Å². The Morgan fingerprint density at radius 3 is 1.86 bits per heavy atom. The molecule has 5 nitrogen and oxygen atoms in total. The van der Waals surface area contributed by atoms with Crippen molar-refractivity contribution in [3.8, 4) is 28.4 Å². The molecule has 0 saturated carbocycles. The fourth-order valence-corrected chi connectivity index (χ4v) is 8.47. The number of aryl methyl sites for hydroxylation is 2. The summed E-state index contributed by atoms with van der Waals surface area (Å²) in [5, 5.41) is 2.38. The zero-order valence-electron chi connectivity index (χ0n) is 34.3. The summed E-state index contributed by atoms with van der Waals surface area (Å²) >= 11 is 0. The normalized spacial score (nSPS) is 13.1. The fraction of sp³-hybridized carbons (Fsp3) is 0.212. The van der Waals surface area contributed by atoms with E-state index in [9.17, 15) is 0 Å². The van der Waals surface area contributed by atoms with Gasteiger partial charge in [-0.05, 0) is 119 Å². The van der Waals surface area contributed by atoms with Gasteiger partial charge in [0.1, 0.15) is 24.0 Å². The maximum absolute atomic E-state index is 6.97. The number of rotatable bonds is 6. The number of nitrogens with zero attached hydrogens (tertiary/aromatic N) is 4. The molecule has 0 aliphatic carbocycles. The van der Waals surface area contributed by atoms with Crippen LogP contribution < -0.4 is 14.5 Å². The highest BCUT2D eigenvalue weighted by molar-refractivity contribution is 6.16. The van der Waals surface area contributed by atoms with Gasteiger partial charge in [0.05, 0.1) is 22.4 Å². The second kappa shape index (κ2) is 13.7. The van der Waals surface area contributed by atoms with Crippen LogP contribution in [0.2, 0.25) is 0 Å². The van der Waals surface area contributed by atoms with Crippen LogP contribution in [-0.4, -0.2) is 16.2 Å². The SMILES string of the molecule is Cc1cccc(C)c1-c1cc(Oc2cccc(N3CN(c4cccc(C(C)(C)C)c4)c4ccccc43)c2)cc2c1c1ccccc1n2-c1cc(C(C)(C)C)ccn1. The van der Waals surface area contributed by atoms with Gasteiger partial charge in [-0.15, -0.1) is 0 Å². The topological polar surface area (TPSA) is 33.5 Å². The molecule has 9 rings (SSSR count). The van der Waals surface area contributed by atoms with Crippen molar-refractivity contribution in [1.82, 2.24) is 9.55 Å². The third-order valence-electron chi connectivity index (χ3n) is 11.5. The number of hydrogen-bond acceptors (Lipinski definition) is 4. The van der Waals surface area contributed by atoms with Crippen molar-refractivity contribution in [2.75, 3.05) is 16.5 Å². The van der Waals surface area contributed by atoms with Crippen LogP contribution in [-0.2, 0) is 10.8 Å². The lowest BCUT2D eigenvalue weighted by atomic mass is 9.87. The number of aromatic nitrogens is 2. The van der Waals surface area contributed by atoms with E-state index < -0.39 is 0 Å². The zero-order chi connectivity index (χ0) is 39.6. The van der Waals surface area contributed by atoms with Crippen LogP contribution in [0.15, 0.2) is 146 Å². The lowest BCUT2D eigenvalue weighted by molar-refractivity contribution is 0.483. The van der Waals surface area contributed by atoms with Gasteiger partial charge in [0, 0.05) is 40.5 Å². The first-order valence-electron chi connectivity index (χ1n) is 20.0. The van der Waals surface area contributed by atoms with Gasteiger partial charge in [-0.3, -0.25) is 4.57 Å². The summed E-state index contributed by atoms with van der Waals surface area (Å²) in [7, 11) is 0. The van der Waals surface area contributed by atoms with Crippen LogP contribution >= 0.6 is 0 Å². The monoisotopic (exact) mass is 746 g/mol. The summed E-state index contributed by atoms with van der Waals surface area (Å²) in [5.41, 5.74) is 14.2. The Morgan fingerprint density at radius 2 is 1.16 bits per heavy atom. The minimum absolute atomic E-state index is 0.0253. The van der Waals surface area contributed by atoms with Crippen molar-refractivity contribution in [3.05, 3.63) is 168 Å². The number of benzene rings is 6. The van der Waals surface area contributed by atoms with Gasteiger partial charge >= 0.3 is 0 Å². The van der Waals surface area contributed by atoms with Crippen LogP contribution in [0.25, 0.3) is 38.8 Å². The van der Waals surface area contributed by atoms with E-state index in [0.29, 0.717) is 6.67 Å². The van der Waals surface area contributed by atoms with E-state index in [2.05, 4.69) is 209 Å². The number of ether oxygens (including phenoxy) is 1. The second-order valence-electron chi connectivity index (χ2n) is 17.5. The third-order valence-corrected chi connectivity index (χ3v) is 11.5. The molecular formula is C52H50N4O. The molecule has 0 spiro atoms. The minimum atomic E-state index is -0.0253. The molecule has 0 bridgehead atoms. The third kappa shape index (κ3) is 6.51. The summed E-state index contributed by atoms with van der Waals surface area (Å²) in [6.07, 6.45) is 1.94. The summed E-state index contributed by atoms with van der Waals surface area (Å²) in [5.74, 6) is 2.45. The van der Waals surface area contributed by atoms with E-state index in [-0.39, 0.29) is 10.8 Å². The van der Waals surface area contributed by atoms with Gasteiger partial charge in [-0.25, -0.2) is 4.98 Å². The van der Waals surface area contributed by atoms with Gasteiger partial charge in [-0.1, -0.05) is 108 Å². The molecule has 1 aliphatic heterocycles.